The molecule has 5 nitrogen and oxygen atoms in total. The highest BCUT2D eigenvalue weighted by atomic mass is 35.5. The van der Waals surface area contributed by atoms with Crippen LogP contribution in [-0.4, -0.2) is 43.5 Å². The molecule has 0 aliphatic carbocycles. The van der Waals surface area contributed by atoms with Gasteiger partial charge in [0.1, 0.15) is 0 Å². The number of unbranched alkanes of at least 4 members (excludes halogenated alkanes) is 1. The normalized spacial score (nSPS) is 15.6. The minimum absolute atomic E-state index is 0.272. The summed E-state index contributed by atoms with van der Waals surface area (Å²) in [5.74, 6) is 0.559. The number of hydrogen-bond acceptors (Lipinski definition) is 4. The van der Waals surface area contributed by atoms with Gasteiger partial charge >= 0.3 is 0 Å². The zero-order valence-corrected chi connectivity index (χ0v) is 22.4. The number of nitrogens with one attached hydrogen (secondary N) is 1. The number of amidine groups is 1. The van der Waals surface area contributed by atoms with Crippen LogP contribution in [0.4, 0.5) is 4.39 Å². The molecule has 0 radical (unpaired) electrons. The predicted octanol–water partition coefficient (Wildman–Crippen LogP) is 6.19. The zero-order chi connectivity index (χ0) is 24.9. The predicted molar refractivity (Wildman–Crippen MR) is 142 cm³/mol. The number of allylic oxidation sites excluding steroid dienone is 1. The van der Waals surface area contributed by atoms with Crippen LogP contribution in [0.25, 0.3) is 0 Å². The van der Waals surface area contributed by atoms with Crippen LogP contribution in [0.5, 0.6) is 0 Å². The number of alkyl halides is 2. The number of aliphatic imine (C=N–C) groups is 2. The molecule has 3 unspecified atom stereocenters. The molecule has 0 heterocycles. The first kappa shape index (κ1) is 29.7. The summed E-state index contributed by atoms with van der Waals surface area (Å²) >= 11 is 6.01. The van der Waals surface area contributed by atoms with Gasteiger partial charge in [-0.25, -0.2) is 9.38 Å². The van der Waals surface area contributed by atoms with Gasteiger partial charge in [-0.15, -0.1) is 11.6 Å². The van der Waals surface area contributed by atoms with Gasteiger partial charge in [-0.05, 0) is 69.4 Å². The zero-order valence-electron chi connectivity index (χ0n) is 20.5. The minimum Gasteiger partial charge on any atom is -0.392 e. The van der Waals surface area contributed by atoms with Gasteiger partial charge < -0.3 is 15.2 Å². The van der Waals surface area contributed by atoms with Gasteiger partial charge in [0.2, 0.25) is 0 Å². The van der Waals surface area contributed by atoms with Crippen molar-refractivity contribution < 1.29 is 14.2 Å². The lowest BCUT2D eigenvalue weighted by molar-refractivity contribution is 0.131. The fourth-order valence-corrected chi connectivity index (χ4v) is 4.27. The molecule has 8 heteroatoms. The molecule has 0 saturated heterocycles. The quantitative estimate of drug-likeness (QED) is 0.0754. The number of aliphatic hydroxyl groups is 1. The van der Waals surface area contributed by atoms with Crippen LogP contribution in [0.1, 0.15) is 75.6 Å². The lowest BCUT2D eigenvalue weighted by Gasteiger charge is -2.23. The Kier molecular flexibility index (Phi) is 14.0. The largest absolute Gasteiger partial charge is 0.392 e. The van der Waals surface area contributed by atoms with E-state index >= 15 is 0 Å². The average Bonchev–Trinajstić information content (AvgIpc) is 2.80. The van der Waals surface area contributed by atoms with E-state index in [0.717, 1.165) is 67.7 Å². The van der Waals surface area contributed by atoms with Crippen LogP contribution in [0.15, 0.2) is 39.5 Å². The van der Waals surface area contributed by atoms with Crippen molar-refractivity contribution in [1.82, 2.24) is 5.32 Å². The number of ether oxygens (including phenoxy) is 1. The van der Waals surface area contributed by atoms with Gasteiger partial charge in [-0.3, -0.25) is 4.99 Å². The monoisotopic (exact) mass is 499 g/mol. The molecular formula is C25H40ClFN3O2P. The minimum atomic E-state index is -1.89. The molecule has 0 aliphatic heterocycles. The molecule has 0 aliphatic rings. The highest BCUT2D eigenvalue weighted by molar-refractivity contribution is 7.18. The smallest absolute Gasteiger partial charge is 0.171 e. The number of nitrogens with zero attached hydrogens (tertiary/aromatic N) is 2. The maximum absolute atomic E-state index is 14.8. The summed E-state index contributed by atoms with van der Waals surface area (Å²) in [4.78, 5) is 9.08. The molecule has 0 saturated carbocycles. The van der Waals surface area contributed by atoms with E-state index in [1.807, 2.05) is 19.9 Å². The Hall–Kier alpha value is -1.33. The highest BCUT2D eigenvalue weighted by Gasteiger charge is 2.28. The summed E-state index contributed by atoms with van der Waals surface area (Å²) in [7, 11) is 2.10. The summed E-state index contributed by atoms with van der Waals surface area (Å²) in [6, 6.07) is 5.42. The highest BCUT2D eigenvalue weighted by Crippen LogP contribution is 2.37. The molecule has 1 aromatic carbocycles. The van der Waals surface area contributed by atoms with Crippen LogP contribution in [0, 0.1) is 6.92 Å². The van der Waals surface area contributed by atoms with Crippen molar-refractivity contribution in [3.63, 3.8) is 0 Å². The van der Waals surface area contributed by atoms with Crippen LogP contribution >= 0.6 is 20.8 Å². The van der Waals surface area contributed by atoms with Crippen LogP contribution < -0.4 is 5.32 Å². The van der Waals surface area contributed by atoms with E-state index in [1.165, 1.54) is 0 Å². The number of aliphatic hydroxyl groups excluding tert-OH is 1. The molecule has 0 bridgehead atoms. The van der Waals surface area contributed by atoms with E-state index in [2.05, 4.69) is 40.1 Å². The second kappa shape index (κ2) is 15.5. The topological polar surface area (TPSA) is 66.2 Å². The Morgan fingerprint density at radius 2 is 2.06 bits per heavy atom. The molecule has 0 spiro atoms. The number of hydrogen-bond donors (Lipinski definition) is 2. The Bertz CT molecular complexity index is 815. The molecule has 1 rings (SSSR count). The van der Waals surface area contributed by atoms with E-state index in [1.54, 1.807) is 12.1 Å². The maximum Gasteiger partial charge on any atom is 0.171 e. The number of benzene rings is 1. The Morgan fingerprint density at radius 1 is 1.33 bits per heavy atom. The van der Waals surface area contributed by atoms with E-state index in [4.69, 9.17) is 21.3 Å². The molecule has 2 N–H and O–H groups in total. The molecule has 0 fully saturated rings. The van der Waals surface area contributed by atoms with Gasteiger partial charge in [0.05, 0.1) is 18.7 Å². The van der Waals surface area contributed by atoms with Gasteiger partial charge in [0.25, 0.3) is 0 Å². The maximum atomic E-state index is 14.8. The Balaban J connectivity index is 3.21. The molecular weight excluding hydrogens is 460 g/mol. The average molecular weight is 500 g/mol. The van der Waals surface area contributed by atoms with Crippen LogP contribution in [0.3, 0.4) is 0 Å². The SMILES string of the molecule is C=NC(=NC(C)c1cccc(C(F)(P)CO)c1C)/C(CC)=C(/CCCCOCCC)NCCl. The van der Waals surface area contributed by atoms with Gasteiger partial charge in [-0.2, -0.15) is 0 Å². The van der Waals surface area contributed by atoms with Crippen molar-refractivity contribution in [3.8, 4) is 0 Å². The molecule has 3 atom stereocenters. The van der Waals surface area contributed by atoms with Crippen molar-refractivity contribution in [3.05, 3.63) is 46.2 Å². The summed E-state index contributed by atoms with van der Waals surface area (Å²) < 4.78 is 20.4. The molecule has 186 valence electrons. The van der Waals surface area contributed by atoms with Crippen molar-refractivity contribution in [1.29, 1.82) is 0 Å². The van der Waals surface area contributed by atoms with Crippen molar-refractivity contribution in [2.24, 2.45) is 9.98 Å². The molecule has 33 heavy (non-hydrogen) atoms. The van der Waals surface area contributed by atoms with Gasteiger partial charge in [0, 0.05) is 24.5 Å². The first-order valence-electron chi connectivity index (χ1n) is 11.6. The number of halogens is 2. The van der Waals surface area contributed by atoms with Crippen LogP contribution in [-0.2, 0) is 10.1 Å². The van der Waals surface area contributed by atoms with Crippen LogP contribution in [0.2, 0.25) is 0 Å². The third kappa shape index (κ3) is 9.09. The van der Waals surface area contributed by atoms with Crippen molar-refractivity contribution in [2.75, 3.05) is 25.8 Å². The fourth-order valence-electron chi connectivity index (χ4n) is 3.79. The Morgan fingerprint density at radius 3 is 2.64 bits per heavy atom. The standard InChI is InChI=1S/C25H40ClFN3O2P/c1-6-14-32-15-9-8-13-23(29-17-26)20(7-2)24(28-5)30-19(4)21-11-10-12-22(18(21)3)25(27,33)16-31/h10-12,19,29,31H,5-9,13-17,33H2,1-4H3/b23-20-,30-24?. The number of rotatable bonds is 15. The second-order valence-electron chi connectivity index (χ2n) is 8.02. The van der Waals surface area contributed by atoms with E-state index < -0.39 is 12.0 Å². The summed E-state index contributed by atoms with van der Waals surface area (Å²) in [5, 5.41) is 10.8. The third-order valence-corrected chi connectivity index (χ3v) is 6.18. The summed E-state index contributed by atoms with van der Waals surface area (Å²) in [6.07, 6.45) is 4.48. The van der Waals surface area contributed by atoms with Gasteiger partial charge in [0.15, 0.2) is 11.2 Å². The lowest BCUT2D eigenvalue weighted by atomic mass is 9.95. The van der Waals surface area contributed by atoms with E-state index in [0.29, 0.717) is 17.4 Å². The third-order valence-electron chi connectivity index (χ3n) is 5.55. The van der Waals surface area contributed by atoms with Crippen molar-refractivity contribution >= 4 is 33.4 Å². The van der Waals surface area contributed by atoms with E-state index in [-0.39, 0.29) is 6.04 Å². The van der Waals surface area contributed by atoms with Gasteiger partial charge in [-0.1, -0.05) is 41.3 Å². The first-order chi connectivity index (χ1) is 15.8. The first-order valence-corrected chi connectivity index (χ1v) is 12.7. The van der Waals surface area contributed by atoms with Crippen molar-refractivity contribution in [2.45, 2.75) is 71.3 Å². The molecule has 0 amide bonds. The lowest BCUT2D eigenvalue weighted by Crippen LogP contribution is -2.19. The molecule has 1 aromatic rings. The Labute approximate surface area is 206 Å². The second-order valence-corrected chi connectivity index (χ2v) is 9.20. The summed E-state index contributed by atoms with van der Waals surface area (Å²) in [5.41, 5.74) is 4.06. The molecule has 0 aromatic heterocycles. The van der Waals surface area contributed by atoms with E-state index in [9.17, 15) is 9.50 Å². The fraction of sp³-hybridized carbons (Fsp3) is 0.600. The summed E-state index contributed by atoms with van der Waals surface area (Å²) in [6.45, 7) is 12.6.